The molecule has 0 saturated heterocycles. The number of nitrogens with zero attached hydrogens (tertiary/aromatic N) is 4. The van der Waals surface area contributed by atoms with Crippen molar-refractivity contribution in [3.05, 3.63) is 59.9 Å². The number of tetrazole rings is 1. The summed E-state index contributed by atoms with van der Waals surface area (Å²) < 4.78 is 30.0. The Morgan fingerprint density at radius 3 is 2.60 bits per heavy atom. The van der Waals surface area contributed by atoms with Gasteiger partial charge in [-0.05, 0) is 59.3 Å². The highest BCUT2D eigenvalue weighted by Crippen LogP contribution is 2.20. The maximum absolute atomic E-state index is 12.3. The SMILES string of the molecule is Cc1ccc(NC(=O)c2ccc(OC(F)F)cc2)cc1-n1cnnn1. The lowest BCUT2D eigenvalue weighted by Gasteiger charge is -2.10. The van der Waals surface area contributed by atoms with E-state index in [1.807, 2.05) is 13.0 Å². The minimum absolute atomic E-state index is 0.0112. The molecule has 0 bridgehead atoms. The number of benzene rings is 2. The van der Waals surface area contributed by atoms with Gasteiger partial charge in [-0.2, -0.15) is 8.78 Å². The number of aryl methyl sites for hydroxylation is 1. The predicted octanol–water partition coefficient (Wildman–Crippen LogP) is 2.82. The lowest BCUT2D eigenvalue weighted by atomic mass is 10.1. The van der Waals surface area contributed by atoms with Crippen molar-refractivity contribution in [2.45, 2.75) is 13.5 Å². The van der Waals surface area contributed by atoms with Crippen molar-refractivity contribution in [2.24, 2.45) is 0 Å². The van der Waals surface area contributed by atoms with Gasteiger partial charge < -0.3 is 10.1 Å². The molecule has 0 saturated carbocycles. The molecular formula is C16H13F2N5O2. The van der Waals surface area contributed by atoms with Crippen LogP contribution in [0.1, 0.15) is 15.9 Å². The molecule has 1 amide bonds. The third kappa shape index (κ3) is 3.94. The number of hydrogen-bond acceptors (Lipinski definition) is 5. The molecule has 0 aliphatic heterocycles. The van der Waals surface area contributed by atoms with E-state index in [1.165, 1.54) is 35.3 Å². The molecule has 2 aromatic carbocycles. The van der Waals surface area contributed by atoms with Gasteiger partial charge in [0.15, 0.2) is 0 Å². The van der Waals surface area contributed by atoms with Gasteiger partial charge in [0.1, 0.15) is 12.1 Å². The van der Waals surface area contributed by atoms with Crippen LogP contribution in [0.3, 0.4) is 0 Å². The van der Waals surface area contributed by atoms with E-state index in [0.717, 1.165) is 11.3 Å². The molecule has 0 radical (unpaired) electrons. The zero-order chi connectivity index (χ0) is 17.8. The van der Waals surface area contributed by atoms with Crippen molar-refractivity contribution in [2.75, 3.05) is 5.32 Å². The van der Waals surface area contributed by atoms with Crippen LogP contribution in [0, 0.1) is 6.92 Å². The van der Waals surface area contributed by atoms with E-state index in [4.69, 9.17) is 0 Å². The van der Waals surface area contributed by atoms with Gasteiger partial charge in [0, 0.05) is 11.3 Å². The number of anilines is 1. The molecule has 1 N–H and O–H groups in total. The molecule has 0 fully saturated rings. The summed E-state index contributed by atoms with van der Waals surface area (Å²) in [7, 11) is 0. The molecule has 1 heterocycles. The first kappa shape index (κ1) is 16.5. The molecule has 0 aliphatic carbocycles. The molecule has 7 nitrogen and oxygen atoms in total. The maximum Gasteiger partial charge on any atom is 0.387 e. The molecule has 9 heteroatoms. The van der Waals surface area contributed by atoms with Crippen LogP contribution in [0.4, 0.5) is 14.5 Å². The number of hydrogen-bond donors (Lipinski definition) is 1. The van der Waals surface area contributed by atoms with Crippen molar-refractivity contribution < 1.29 is 18.3 Å². The second kappa shape index (κ2) is 7.04. The standard InChI is InChI=1S/C16H13F2N5O2/c1-10-2-5-12(8-14(10)23-9-19-21-22-23)20-15(24)11-3-6-13(7-4-11)25-16(17)18/h2-9,16H,1H3,(H,20,24). The lowest BCUT2D eigenvalue weighted by Crippen LogP contribution is -2.12. The summed E-state index contributed by atoms with van der Waals surface area (Å²) in [6.45, 7) is -1.01. The van der Waals surface area contributed by atoms with Gasteiger partial charge in [-0.3, -0.25) is 4.79 Å². The van der Waals surface area contributed by atoms with Gasteiger partial charge in [-0.25, -0.2) is 4.68 Å². The summed E-state index contributed by atoms with van der Waals surface area (Å²) in [5.41, 5.74) is 2.52. The van der Waals surface area contributed by atoms with Gasteiger partial charge in [0.2, 0.25) is 0 Å². The summed E-state index contributed by atoms with van der Waals surface area (Å²) >= 11 is 0. The molecule has 1 aromatic heterocycles. The van der Waals surface area contributed by atoms with Crippen molar-refractivity contribution in [1.29, 1.82) is 0 Å². The number of halogens is 2. The van der Waals surface area contributed by atoms with E-state index in [1.54, 1.807) is 12.1 Å². The second-order valence-electron chi connectivity index (χ2n) is 5.11. The highest BCUT2D eigenvalue weighted by Gasteiger charge is 2.10. The quantitative estimate of drug-likeness (QED) is 0.769. The zero-order valence-electron chi connectivity index (χ0n) is 13.1. The Kier molecular flexibility index (Phi) is 4.64. The highest BCUT2D eigenvalue weighted by atomic mass is 19.3. The summed E-state index contributed by atoms with van der Waals surface area (Å²) in [4.78, 5) is 12.3. The van der Waals surface area contributed by atoms with Gasteiger partial charge in [-0.1, -0.05) is 6.07 Å². The molecule has 0 unspecified atom stereocenters. The molecule has 3 aromatic rings. The van der Waals surface area contributed by atoms with Crippen LogP contribution < -0.4 is 10.1 Å². The van der Waals surface area contributed by atoms with Crippen LogP contribution in [0.2, 0.25) is 0 Å². The Morgan fingerprint density at radius 1 is 1.20 bits per heavy atom. The van der Waals surface area contributed by atoms with E-state index >= 15 is 0 Å². The maximum atomic E-state index is 12.3. The van der Waals surface area contributed by atoms with Crippen molar-refractivity contribution >= 4 is 11.6 Å². The third-order valence-corrected chi connectivity index (χ3v) is 3.40. The predicted molar refractivity (Wildman–Crippen MR) is 84.9 cm³/mol. The number of alkyl halides is 2. The van der Waals surface area contributed by atoms with Crippen molar-refractivity contribution in [1.82, 2.24) is 20.2 Å². The third-order valence-electron chi connectivity index (χ3n) is 3.40. The fourth-order valence-electron chi connectivity index (χ4n) is 2.20. The molecular weight excluding hydrogens is 332 g/mol. The Balaban J connectivity index is 1.76. The second-order valence-corrected chi connectivity index (χ2v) is 5.11. The Labute approximate surface area is 141 Å². The number of ether oxygens (including phenoxy) is 1. The van der Waals surface area contributed by atoms with Crippen LogP contribution in [0.5, 0.6) is 5.75 Å². The smallest absolute Gasteiger partial charge is 0.387 e. The Bertz CT molecular complexity index is 867. The average Bonchev–Trinajstić information content (AvgIpc) is 3.11. The van der Waals surface area contributed by atoms with E-state index < -0.39 is 6.61 Å². The number of aromatic nitrogens is 4. The molecule has 128 valence electrons. The molecule has 25 heavy (non-hydrogen) atoms. The topological polar surface area (TPSA) is 81.9 Å². The average molecular weight is 345 g/mol. The summed E-state index contributed by atoms with van der Waals surface area (Å²) in [6, 6.07) is 10.7. The number of amides is 1. The number of rotatable bonds is 5. The fourth-order valence-corrected chi connectivity index (χ4v) is 2.20. The Hall–Kier alpha value is -3.36. The normalized spacial score (nSPS) is 10.7. The van der Waals surface area contributed by atoms with Gasteiger partial charge in [0.05, 0.1) is 5.69 Å². The fraction of sp³-hybridized carbons (Fsp3) is 0.125. The Morgan fingerprint density at radius 2 is 1.96 bits per heavy atom. The summed E-state index contributed by atoms with van der Waals surface area (Å²) in [6.07, 6.45) is 1.45. The van der Waals surface area contributed by atoms with E-state index in [0.29, 0.717) is 11.3 Å². The minimum Gasteiger partial charge on any atom is -0.435 e. The minimum atomic E-state index is -2.91. The van der Waals surface area contributed by atoms with Crippen LogP contribution >= 0.6 is 0 Å². The molecule has 0 spiro atoms. The lowest BCUT2D eigenvalue weighted by molar-refractivity contribution is -0.0498. The zero-order valence-corrected chi connectivity index (χ0v) is 13.1. The molecule has 0 aliphatic rings. The van der Waals surface area contributed by atoms with Crippen molar-refractivity contribution in [3.8, 4) is 11.4 Å². The first-order valence-corrected chi connectivity index (χ1v) is 7.23. The number of carbonyl (C=O) groups is 1. The van der Waals surface area contributed by atoms with E-state index in [2.05, 4.69) is 25.6 Å². The van der Waals surface area contributed by atoms with E-state index in [-0.39, 0.29) is 11.7 Å². The van der Waals surface area contributed by atoms with Crippen LogP contribution in [-0.2, 0) is 0 Å². The molecule has 3 rings (SSSR count). The summed E-state index contributed by atoms with van der Waals surface area (Å²) in [5, 5.41) is 13.7. The largest absolute Gasteiger partial charge is 0.435 e. The van der Waals surface area contributed by atoms with Gasteiger partial charge in [0.25, 0.3) is 5.91 Å². The first-order valence-electron chi connectivity index (χ1n) is 7.23. The highest BCUT2D eigenvalue weighted by molar-refractivity contribution is 6.04. The van der Waals surface area contributed by atoms with Crippen LogP contribution in [0.15, 0.2) is 48.8 Å². The van der Waals surface area contributed by atoms with Crippen molar-refractivity contribution in [3.63, 3.8) is 0 Å². The van der Waals surface area contributed by atoms with Crippen LogP contribution in [-0.4, -0.2) is 32.7 Å². The van der Waals surface area contributed by atoms with E-state index in [9.17, 15) is 13.6 Å². The van der Waals surface area contributed by atoms with Gasteiger partial charge >= 0.3 is 6.61 Å². The van der Waals surface area contributed by atoms with Gasteiger partial charge in [-0.15, -0.1) is 5.10 Å². The first-order chi connectivity index (χ1) is 12.0. The summed E-state index contributed by atoms with van der Waals surface area (Å²) in [5.74, 6) is -0.391. The number of carbonyl (C=O) groups excluding carboxylic acids is 1. The molecule has 0 atom stereocenters. The number of nitrogens with one attached hydrogen (secondary N) is 1. The monoisotopic (exact) mass is 345 g/mol. The van der Waals surface area contributed by atoms with Crippen LogP contribution in [0.25, 0.3) is 5.69 Å².